The van der Waals surface area contributed by atoms with Crippen LogP contribution < -0.4 is 27.4 Å². The average molecular weight is 462 g/mol. The molecular weight excluding hydrogens is 426 g/mol. The molecule has 0 aromatic carbocycles. The van der Waals surface area contributed by atoms with Gasteiger partial charge in [-0.25, -0.2) is 4.79 Å². The summed E-state index contributed by atoms with van der Waals surface area (Å²) in [5.74, 6) is -5.29. The van der Waals surface area contributed by atoms with Gasteiger partial charge in [-0.3, -0.25) is 19.2 Å². The van der Waals surface area contributed by atoms with E-state index in [4.69, 9.17) is 21.7 Å². The van der Waals surface area contributed by atoms with Crippen molar-refractivity contribution in [1.29, 1.82) is 0 Å². The van der Waals surface area contributed by atoms with Gasteiger partial charge in [0.1, 0.15) is 18.1 Å². The Bertz CT molecular complexity index is 658. The summed E-state index contributed by atoms with van der Waals surface area (Å²) < 4.78 is 0. The first-order valence-corrected chi connectivity index (χ1v) is 10.3. The molecule has 13 nitrogen and oxygen atoms in total. The third-order valence-corrected chi connectivity index (χ3v) is 4.45. The molecule has 10 N–H and O–H groups in total. The van der Waals surface area contributed by atoms with Gasteiger partial charge in [0, 0.05) is 0 Å². The van der Waals surface area contributed by atoms with E-state index >= 15 is 0 Å². The van der Waals surface area contributed by atoms with Gasteiger partial charge in [0.2, 0.25) is 17.7 Å². The summed E-state index contributed by atoms with van der Waals surface area (Å²) in [7, 11) is 0. The maximum atomic E-state index is 12.6. The van der Waals surface area contributed by atoms with Gasteiger partial charge in [0.25, 0.3) is 0 Å². The predicted octanol–water partition coefficient (Wildman–Crippen LogP) is -2.51. The normalized spacial score (nSPS) is 14.7. The van der Waals surface area contributed by atoms with Crippen LogP contribution in [0, 0.1) is 5.92 Å². The highest BCUT2D eigenvalue weighted by Gasteiger charge is 2.30. The van der Waals surface area contributed by atoms with Crippen LogP contribution in [0.25, 0.3) is 0 Å². The van der Waals surface area contributed by atoms with Crippen molar-refractivity contribution in [2.24, 2.45) is 17.4 Å². The fourth-order valence-electron chi connectivity index (χ4n) is 2.77. The Labute approximate surface area is 186 Å². The molecule has 0 fully saturated rings. The van der Waals surface area contributed by atoms with Crippen molar-refractivity contribution in [3.05, 3.63) is 0 Å². The van der Waals surface area contributed by atoms with Crippen LogP contribution in [0.3, 0.4) is 0 Å². The minimum absolute atomic E-state index is 0.0765. The number of rotatable bonds is 16. The topological polar surface area (TPSA) is 234 Å². The van der Waals surface area contributed by atoms with Crippen molar-refractivity contribution in [3.8, 4) is 0 Å². The fraction of sp³-hybridized carbons (Fsp3) is 0.737. The number of unbranched alkanes of at least 4 members (excludes halogenated alkanes) is 1. The van der Waals surface area contributed by atoms with E-state index < -0.39 is 66.9 Å². The Morgan fingerprint density at radius 3 is 1.84 bits per heavy atom. The number of nitrogens with two attached hydrogens (primary N) is 2. The number of carboxylic acids is 2. The molecule has 13 heteroatoms. The van der Waals surface area contributed by atoms with Crippen LogP contribution in [0.15, 0.2) is 0 Å². The standard InChI is InChI=1S/C19H35N5O8/c1-10(2)7-11(21)16(28)24-14(9-25)18(30)22-12(5-3-4-6-20)17(29)23-13(19(31)32)8-15(26)27/h10-14,25H,3-9,20-21H2,1-2H3,(H,22,30)(H,23,29)(H,24,28)(H,26,27)(H,31,32). The highest BCUT2D eigenvalue weighted by atomic mass is 16.4. The maximum absolute atomic E-state index is 12.6. The number of carboxylic acid groups (broad SMARTS) is 2. The molecule has 0 aliphatic carbocycles. The molecule has 0 heterocycles. The number of carbonyl (C=O) groups excluding carboxylic acids is 3. The SMILES string of the molecule is CC(C)CC(N)C(=O)NC(CO)C(=O)NC(CCCCN)C(=O)NC(CC(=O)O)C(=O)O. The maximum Gasteiger partial charge on any atom is 0.326 e. The first-order chi connectivity index (χ1) is 14.9. The molecular formula is C19H35N5O8. The summed E-state index contributed by atoms with van der Waals surface area (Å²) in [6, 6.07) is -5.22. The molecule has 4 atom stereocenters. The number of hydrogen-bond acceptors (Lipinski definition) is 8. The molecule has 32 heavy (non-hydrogen) atoms. The van der Waals surface area contributed by atoms with Crippen LogP contribution in [-0.2, 0) is 24.0 Å². The Morgan fingerprint density at radius 1 is 0.844 bits per heavy atom. The van der Waals surface area contributed by atoms with Crippen LogP contribution in [0.5, 0.6) is 0 Å². The largest absolute Gasteiger partial charge is 0.481 e. The van der Waals surface area contributed by atoms with Gasteiger partial charge < -0.3 is 42.7 Å². The quantitative estimate of drug-likeness (QED) is 0.112. The van der Waals surface area contributed by atoms with Crippen LogP contribution in [0.4, 0.5) is 0 Å². The molecule has 0 aromatic rings. The number of carbonyl (C=O) groups is 5. The molecule has 0 saturated heterocycles. The molecule has 0 aromatic heterocycles. The molecule has 184 valence electrons. The molecule has 0 radical (unpaired) electrons. The Balaban J connectivity index is 5.28. The summed E-state index contributed by atoms with van der Waals surface area (Å²) >= 11 is 0. The third kappa shape index (κ3) is 11.6. The highest BCUT2D eigenvalue weighted by molar-refractivity contribution is 5.94. The van der Waals surface area contributed by atoms with E-state index in [9.17, 15) is 29.1 Å². The van der Waals surface area contributed by atoms with E-state index in [0.717, 1.165) is 0 Å². The van der Waals surface area contributed by atoms with E-state index in [1.807, 2.05) is 13.8 Å². The van der Waals surface area contributed by atoms with Gasteiger partial charge in [-0.1, -0.05) is 13.8 Å². The Morgan fingerprint density at radius 2 is 1.38 bits per heavy atom. The second-order valence-electron chi connectivity index (χ2n) is 7.82. The molecule has 0 rings (SSSR count). The van der Waals surface area contributed by atoms with Crippen LogP contribution in [-0.4, -0.2) is 82.3 Å². The van der Waals surface area contributed by atoms with E-state index in [1.54, 1.807) is 0 Å². The lowest BCUT2D eigenvalue weighted by molar-refractivity contribution is -0.147. The molecule has 3 amide bonds. The Kier molecular flexibility index (Phi) is 13.8. The monoisotopic (exact) mass is 461 g/mol. The zero-order valence-electron chi connectivity index (χ0n) is 18.4. The van der Waals surface area contributed by atoms with Gasteiger partial charge in [0.15, 0.2) is 0 Å². The number of amides is 3. The number of aliphatic hydroxyl groups is 1. The number of aliphatic hydroxyl groups excluding tert-OH is 1. The molecule has 0 bridgehead atoms. The predicted molar refractivity (Wildman–Crippen MR) is 113 cm³/mol. The summed E-state index contributed by atoms with van der Waals surface area (Å²) in [6.45, 7) is 3.29. The third-order valence-electron chi connectivity index (χ3n) is 4.45. The molecule has 0 saturated carbocycles. The van der Waals surface area contributed by atoms with Crippen molar-refractivity contribution in [3.63, 3.8) is 0 Å². The second-order valence-corrected chi connectivity index (χ2v) is 7.82. The molecule has 0 aliphatic rings. The summed E-state index contributed by atoms with van der Waals surface area (Å²) in [6.07, 6.45) is 0.499. The first-order valence-electron chi connectivity index (χ1n) is 10.3. The minimum Gasteiger partial charge on any atom is -0.481 e. The van der Waals surface area contributed by atoms with Crippen molar-refractivity contribution in [2.45, 2.75) is 70.1 Å². The van der Waals surface area contributed by atoms with Gasteiger partial charge >= 0.3 is 11.9 Å². The van der Waals surface area contributed by atoms with E-state index in [0.29, 0.717) is 25.8 Å². The van der Waals surface area contributed by atoms with Crippen LogP contribution in [0.2, 0.25) is 0 Å². The average Bonchev–Trinajstić information content (AvgIpc) is 2.69. The van der Waals surface area contributed by atoms with Crippen molar-refractivity contribution in [2.75, 3.05) is 13.2 Å². The fourth-order valence-corrected chi connectivity index (χ4v) is 2.77. The highest BCUT2D eigenvalue weighted by Crippen LogP contribution is 2.05. The van der Waals surface area contributed by atoms with Gasteiger partial charge in [0.05, 0.1) is 19.1 Å². The molecule has 0 aliphatic heterocycles. The first kappa shape index (κ1) is 29.2. The van der Waals surface area contributed by atoms with E-state index in [-0.39, 0.29) is 12.3 Å². The second kappa shape index (κ2) is 15.1. The van der Waals surface area contributed by atoms with Crippen LogP contribution in [0.1, 0.15) is 46.0 Å². The van der Waals surface area contributed by atoms with Crippen molar-refractivity contribution < 1.29 is 39.3 Å². The zero-order chi connectivity index (χ0) is 24.8. The lowest BCUT2D eigenvalue weighted by Gasteiger charge is -2.24. The number of aliphatic carboxylic acids is 2. The summed E-state index contributed by atoms with van der Waals surface area (Å²) in [5.41, 5.74) is 11.2. The van der Waals surface area contributed by atoms with Gasteiger partial charge in [-0.05, 0) is 38.1 Å². The van der Waals surface area contributed by atoms with Crippen molar-refractivity contribution in [1.82, 2.24) is 16.0 Å². The molecule has 0 spiro atoms. The smallest absolute Gasteiger partial charge is 0.326 e. The summed E-state index contributed by atoms with van der Waals surface area (Å²) in [5, 5.41) is 34.2. The van der Waals surface area contributed by atoms with E-state index in [1.165, 1.54) is 0 Å². The lowest BCUT2D eigenvalue weighted by Crippen LogP contribution is -2.58. The summed E-state index contributed by atoms with van der Waals surface area (Å²) in [4.78, 5) is 59.3. The number of nitrogens with one attached hydrogen (secondary N) is 3. The van der Waals surface area contributed by atoms with Crippen LogP contribution >= 0.6 is 0 Å². The van der Waals surface area contributed by atoms with Crippen molar-refractivity contribution >= 4 is 29.7 Å². The molecule has 4 unspecified atom stereocenters. The zero-order valence-corrected chi connectivity index (χ0v) is 18.4. The minimum atomic E-state index is -1.70. The lowest BCUT2D eigenvalue weighted by atomic mass is 10.0. The van der Waals surface area contributed by atoms with Gasteiger partial charge in [-0.2, -0.15) is 0 Å². The Hall–Kier alpha value is -2.77. The number of hydrogen-bond donors (Lipinski definition) is 8. The van der Waals surface area contributed by atoms with Gasteiger partial charge in [-0.15, -0.1) is 0 Å². The van der Waals surface area contributed by atoms with E-state index in [2.05, 4.69) is 16.0 Å².